The Labute approximate surface area is 103 Å². The first-order valence-electron chi connectivity index (χ1n) is 5.39. The van der Waals surface area contributed by atoms with E-state index < -0.39 is 30.0 Å². The van der Waals surface area contributed by atoms with Gasteiger partial charge in [-0.1, -0.05) is 0 Å². The minimum Gasteiger partial charge on any atom is -0.491 e. The molecule has 0 aliphatic heterocycles. The molecule has 5 nitrogen and oxygen atoms in total. The molecule has 0 spiro atoms. The van der Waals surface area contributed by atoms with Crippen LogP contribution in [0.2, 0.25) is 0 Å². The van der Waals surface area contributed by atoms with Crippen molar-refractivity contribution >= 4 is 11.8 Å². The van der Waals surface area contributed by atoms with Gasteiger partial charge in [0.2, 0.25) is 0 Å². The van der Waals surface area contributed by atoms with Crippen molar-refractivity contribution in [2.45, 2.75) is 19.4 Å². The van der Waals surface area contributed by atoms with Gasteiger partial charge in [-0.3, -0.25) is 9.59 Å². The van der Waals surface area contributed by atoms with E-state index in [4.69, 9.17) is 15.6 Å². The van der Waals surface area contributed by atoms with Gasteiger partial charge in [0.15, 0.2) is 17.3 Å². The second-order valence-corrected chi connectivity index (χ2v) is 3.65. The molecule has 0 aliphatic carbocycles. The molecule has 0 bridgehead atoms. The lowest BCUT2D eigenvalue weighted by molar-refractivity contribution is -0.137. The predicted molar refractivity (Wildman–Crippen MR) is 62.1 cm³/mol. The molecule has 1 aromatic carbocycles. The van der Waals surface area contributed by atoms with Gasteiger partial charge in [0.25, 0.3) is 0 Å². The van der Waals surface area contributed by atoms with Crippen LogP contribution in [0.15, 0.2) is 18.2 Å². The summed E-state index contributed by atoms with van der Waals surface area (Å²) in [6.45, 7) is 2.02. The summed E-state index contributed by atoms with van der Waals surface area (Å²) in [7, 11) is 0. The molecule has 98 valence electrons. The van der Waals surface area contributed by atoms with E-state index in [-0.39, 0.29) is 11.3 Å². The fourth-order valence-electron chi connectivity index (χ4n) is 1.42. The van der Waals surface area contributed by atoms with E-state index in [1.165, 1.54) is 12.1 Å². The number of hydrogen-bond acceptors (Lipinski definition) is 4. The van der Waals surface area contributed by atoms with Crippen LogP contribution in [0.25, 0.3) is 0 Å². The molecule has 18 heavy (non-hydrogen) atoms. The van der Waals surface area contributed by atoms with Crippen molar-refractivity contribution in [3.63, 3.8) is 0 Å². The monoisotopic (exact) mass is 255 g/mol. The molecule has 0 radical (unpaired) electrons. The first-order valence-corrected chi connectivity index (χ1v) is 5.39. The maximum absolute atomic E-state index is 13.5. The molecule has 1 aromatic rings. The number of carboxylic acid groups (broad SMARTS) is 1. The summed E-state index contributed by atoms with van der Waals surface area (Å²) in [6.07, 6.45) is -0.492. The van der Waals surface area contributed by atoms with Gasteiger partial charge in [-0.25, -0.2) is 4.39 Å². The number of nitrogens with two attached hydrogens (primary N) is 1. The Kier molecular flexibility index (Phi) is 4.79. The number of rotatable bonds is 6. The molecule has 0 heterocycles. The van der Waals surface area contributed by atoms with Crippen LogP contribution in [0.5, 0.6) is 5.75 Å². The Morgan fingerprint density at radius 2 is 2.17 bits per heavy atom. The van der Waals surface area contributed by atoms with Gasteiger partial charge in [0.1, 0.15) is 0 Å². The summed E-state index contributed by atoms with van der Waals surface area (Å²) in [6, 6.07) is 2.49. The van der Waals surface area contributed by atoms with Crippen LogP contribution in [0, 0.1) is 5.82 Å². The summed E-state index contributed by atoms with van der Waals surface area (Å²) in [5.74, 6) is -2.42. The number of carbonyl (C=O) groups is 2. The zero-order valence-corrected chi connectivity index (χ0v) is 9.85. The zero-order valence-electron chi connectivity index (χ0n) is 9.85. The van der Waals surface area contributed by atoms with Crippen LogP contribution in [-0.2, 0) is 4.79 Å². The standard InChI is InChI=1S/C12H14FNO4/c1-2-18-10-4-3-7(5-8(10)13)12(17)9(14)6-11(15)16/h3-5,9H,2,6,14H2,1H3,(H,15,16). The molecule has 1 atom stereocenters. The Bertz CT molecular complexity index is 461. The van der Waals surface area contributed by atoms with E-state index >= 15 is 0 Å². The molecule has 1 unspecified atom stereocenters. The summed E-state index contributed by atoms with van der Waals surface area (Å²) in [5, 5.41) is 8.52. The average molecular weight is 255 g/mol. The molecule has 0 aromatic heterocycles. The third-order valence-corrected chi connectivity index (χ3v) is 2.25. The lowest BCUT2D eigenvalue weighted by Gasteiger charge is -2.09. The van der Waals surface area contributed by atoms with Gasteiger partial charge in [0.05, 0.1) is 19.1 Å². The van der Waals surface area contributed by atoms with Crippen molar-refractivity contribution in [1.82, 2.24) is 0 Å². The van der Waals surface area contributed by atoms with Crippen LogP contribution < -0.4 is 10.5 Å². The maximum Gasteiger partial charge on any atom is 0.305 e. The number of ether oxygens (including phenoxy) is 1. The fraction of sp³-hybridized carbons (Fsp3) is 0.333. The second kappa shape index (κ2) is 6.11. The van der Waals surface area contributed by atoms with Crippen LogP contribution in [0.3, 0.4) is 0 Å². The van der Waals surface area contributed by atoms with Gasteiger partial charge in [-0.15, -0.1) is 0 Å². The Morgan fingerprint density at radius 3 is 2.67 bits per heavy atom. The number of halogens is 1. The van der Waals surface area contributed by atoms with Crippen LogP contribution in [0.4, 0.5) is 4.39 Å². The SMILES string of the molecule is CCOc1ccc(C(=O)C(N)CC(=O)O)cc1F. The smallest absolute Gasteiger partial charge is 0.305 e. The van der Waals surface area contributed by atoms with Crippen LogP contribution >= 0.6 is 0 Å². The lowest BCUT2D eigenvalue weighted by atomic mass is 10.0. The van der Waals surface area contributed by atoms with Crippen molar-refractivity contribution in [2.24, 2.45) is 5.73 Å². The molecule has 0 fully saturated rings. The average Bonchev–Trinajstić information content (AvgIpc) is 2.30. The third-order valence-electron chi connectivity index (χ3n) is 2.25. The zero-order chi connectivity index (χ0) is 13.7. The molecule has 1 rings (SSSR count). The van der Waals surface area contributed by atoms with Crippen LogP contribution in [-0.4, -0.2) is 29.5 Å². The molecule has 6 heteroatoms. The van der Waals surface area contributed by atoms with E-state index in [1.54, 1.807) is 6.92 Å². The highest BCUT2D eigenvalue weighted by Gasteiger charge is 2.20. The number of hydrogen-bond donors (Lipinski definition) is 2. The molecule has 3 N–H and O–H groups in total. The van der Waals surface area contributed by atoms with Crippen molar-refractivity contribution in [1.29, 1.82) is 0 Å². The number of aliphatic carboxylic acids is 1. The molecule has 0 saturated carbocycles. The third kappa shape index (κ3) is 3.53. The minimum atomic E-state index is -1.18. The number of benzene rings is 1. The highest BCUT2D eigenvalue weighted by Crippen LogP contribution is 2.19. The van der Waals surface area contributed by atoms with Crippen molar-refractivity contribution in [3.05, 3.63) is 29.6 Å². The van der Waals surface area contributed by atoms with E-state index in [1.807, 2.05) is 0 Å². The molecule has 0 amide bonds. The van der Waals surface area contributed by atoms with Crippen molar-refractivity contribution in [3.8, 4) is 5.75 Å². The summed E-state index contributed by atoms with van der Waals surface area (Å²) in [4.78, 5) is 22.1. The molecular weight excluding hydrogens is 241 g/mol. The number of carboxylic acids is 1. The summed E-state index contributed by atoms with van der Waals surface area (Å²) in [5.41, 5.74) is 5.45. The molecule has 0 aliphatic rings. The van der Waals surface area contributed by atoms with E-state index in [2.05, 4.69) is 0 Å². The normalized spacial score (nSPS) is 11.9. The lowest BCUT2D eigenvalue weighted by Crippen LogP contribution is -2.33. The molecular formula is C12H14FNO4. The van der Waals surface area contributed by atoms with Gasteiger partial charge in [-0.2, -0.15) is 0 Å². The quantitative estimate of drug-likeness (QED) is 0.746. The van der Waals surface area contributed by atoms with Gasteiger partial charge < -0.3 is 15.6 Å². The Balaban J connectivity index is 2.87. The van der Waals surface area contributed by atoms with Gasteiger partial charge in [-0.05, 0) is 25.1 Å². The summed E-state index contributed by atoms with van der Waals surface area (Å²) < 4.78 is 18.5. The van der Waals surface area contributed by atoms with Crippen molar-refractivity contribution < 1.29 is 23.8 Å². The van der Waals surface area contributed by atoms with Crippen molar-refractivity contribution in [2.75, 3.05) is 6.61 Å². The maximum atomic E-state index is 13.5. The number of carbonyl (C=O) groups excluding carboxylic acids is 1. The minimum absolute atomic E-state index is 0.0321. The van der Waals surface area contributed by atoms with E-state index in [9.17, 15) is 14.0 Å². The fourth-order valence-corrected chi connectivity index (χ4v) is 1.42. The summed E-state index contributed by atoms with van der Waals surface area (Å²) >= 11 is 0. The van der Waals surface area contributed by atoms with E-state index in [0.29, 0.717) is 6.61 Å². The number of ketones is 1. The van der Waals surface area contributed by atoms with Crippen LogP contribution in [0.1, 0.15) is 23.7 Å². The van der Waals surface area contributed by atoms with E-state index in [0.717, 1.165) is 6.07 Å². The largest absolute Gasteiger partial charge is 0.491 e. The topological polar surface area (TPSA) is 89.6 Å². The first kappa shape index (κ1) is 14.1. The molecule has 0 saturated heterocycles. The predicted octanol–water partition coefficient (Wildman–Crippen LogP) is 1.21. The van der Waals surface area contributed by atoms with Gasteiger partial charge in [0, 0.05) is 5.56 Å². The van der Waals surface area contributed by atoms with Gasteiger partial charge >= 0.3 is 5.97 Å². The second-order valence-electron chi connectivity index (χ2n) is 3.65. The Hall–Kier alpha value is -1.95. The Morgan fingerprint density at radius 1 is 1.50 bits per heavy atom. The highest BCUT2D eigenvalue weighted by molar-refractivity contribution is 6.01. The first-order chi connectivity index (χ1) is 8.45. The number of Topliss-reactive ketones (excluding diaryl/α,β-unsaturated/α-hetero) is 1. The highest BCUT2D eigenvalue weighted by atomic mass is 19.1.